The van der Waals surface area contributed by atoms with Crippen molar-refractivity contribution in [3.8, 4) is 0 Å². The first kappa shape index (κ1) is 19.2. The molecule has 23 heavy (non-hydrogen) atoms. The zero-order valence-corrected chi connectivity index (χ0v) is 14.0. The Hall–Kier alpha value is -1.88. The summed E-state index contributed by atoms with van der Waals surface area (Å²) in [4.78, 5) is 23.1. The van der Waals surface area contributed by atoms with Gasteiger partial charge in [0.05, 0.1) is 13.2 Å². The van der Waals surface area contributed by atoms with Crippen LogP contribution in [0.3, 0.4) is 0 Å². The molecular weight excluding hydrogens is 296 g/mol. The number of benzene rings is 1. The van der Waals surface area contributed by atoms with Gasteiger partial charge in [-0.05, 0) is 18.4 Å². The minimum absolute atomic E-state index is 0.0308. The summed E-state index contributed by atoms with van der Waals surface area (Å²) in [5.74, 6) is -0.584. The Kier molecular flexibility index (Phi) is 9.71. The van der Waals surface area contributed by atoms with Crippen LogP contribution in [0.15, 0.2) is 30.3 Å². The Labute approximate surface area is 137 Å². The standard InChI is InChI=1S/C18H26O5/c1-3-8-17(19)22-14-16(23-18(20)9-4-2)13-21-12-15-10-6-5-7-11-15/h5-7,10-11,16H,3-4,8-9,12-14H2,1-2H3/t16-/m0/s1. The fourth-order valence-corrected chi connectivity index (χ4v) is 1.91. The van der Waals surface area contributed by atoms with Crippen LogP contribution in [0.25, 0.3) is 0 Å². The minimum Gasteiger partial charge on any atom is -0.462 e. The molecule has 0 bridgehead atoms. The summed E-state index contributed by atoms with van der Waals surface area (Å²) in [5.41, 5.74) is 1.04. The zero-order valence-electron chi connectivity index (χ0n) is 14.0. The number of carbonyl (C=O) groups excluding carboxylic acids is 2. The molecule has 0 N–H and O–H groups in total. The fourth-order valence-electron chi connectivity index (χ4n) is 1.91. The van der Waals surface area contributed by atoms with E-state index in [9.17, 15) is 9.59 Å². The lowest BCUT2D eigenvalue weighted by Crippen LogP contribution is -2.29. The Morgan fingerprint density at radius 3 is 2.26 bits per heavy atom. The molecule has 0 fully saturated rings. The molecular formula is C18H26O5. The van der Waals surface area contributed by atoms with Crippen LogP contribution in [0.2, 0.25) is 0 Å². The van der Waals surface area contributed by atoms with Crippen LogP contribution >= 0.6 is 0 Å². The average Bonchev–Trinajstić information content (AvgIpc) is 2.54. The van der Waals surface area contributed by atoms with E-state index in [4.69, 9.17) is 14.2 Å². The first-order chi connectivity index (χ1) is 11.2. The molecule has 5 nitrogen and oxygen atoms in total. The van der Waals surface area contributed by atoms with E-state index in [1.54, 1.807) is 0 Å². The van der Waals surface area contributed by atoms with Crippen molar-refractivity contribution in [1.29, 1.82) is 0 Å². The number of carbonyl (C=O) groups is 2. The summed E-state index contributed by atoms with van der Waals surface area (Å²) < 4.78 is 16.0. The third-order valence-electron chi connectivity index (χ3n) is 3.05. The van der Waals surface area contributed by atoms with E-state index in [1.165, 1.54) is 0 Å². The van der Waals surface area contributed by atoms with E-state index in [0.717, 1.165) is 12.0 Å². The van der Waals surface area contributed by atoms with Gasteiger partial charge in [-0.25, -0.2) is 0 Å². The van der Waals surface area contributed by atoms with Gasteiger partial charge in [-0.2, -0.15) is 0 Å². The van der Waals surface area contributed by atoms with Crippen molar-refractivity contribution >= 4 is 11.9 Å². The second-order valence-corrected chi connectivity index (χ2v) is 5.30. The average molecular weight is 322 g/mol. The van der Waals surface area contributed by atoms with Gasteiger partial charge in [-0.1, -0.05) is 44.2 Å². The highest BCUT2D eigenvalue weighted by molar-refractivity contribution is 5.70. The molecule has 0 aliphatic heterocycles. The summed E-state index contributed by atoms with van der Waals surface area (Å²) in [7, 11) is 0. The molecule has 0 saturated carbocycles. The highest BCUT2D eigenvalue weighted by Gasteiger charge is 2.17. The van der Waals surface area contributed by atoms with Crippen LogP contribution in [0, 0.1) is 0 Å². The molecule has 1 aromatic rings. The first-order valence-corrected chi connectivity index (χ1v) is 8.12. The zero-order chi connectivity index (χ0) is 16.9. The van der Waals surface area contributed by atoms with Crippen LogP contribution in [-0.4, -0.2) is 31.3 Å². The highest BCUT2D eigenvalue weighted by Crippen LogP contribution is 2.05. The maximum Gasteiger partial charge on any atom is 0.306 e. The van der Waals surface area contributed by atoms with E-state index < -0.39 is 6.10 Å². The lowest BCUT2D eigenvalue weighted by atomic mass is 10.2. The molecule has 0 aliphatic carbocycles. The van der Waals surface area contributed by atoms with Gasteiger partial charge in [-0.3, -0.25) is 9.59 Å². The van der Waals surface area contributed by atoms with Gasteiger partial charge in [0.25, 0.3) is 0 Å². The second-order valence-electron chi connectivity index (χ2n) is 5.30. The largest absolute Gasteiger partial charge is 0.462 e. The van der Waals surface area contributed by atoms with Crippen LogP contribution in [-0.2, 0) is 30.4 Å². The summed E-state index contributed by atoms with van der Waals surface area (Å²) in [5, 5.41) is 0. The van der Waals surface area contributed by atoms with Gasteiger partial charge in [0.1, 0.15) is 6.61 Å². The first-order valence-electron chi connectivity index (χ1n) is 8.12. The van der Waals surface area contributed by atoms with Gasteiger partial charge in [0, 0.05) is 12.8 Å². The third kappa shape index (κ3) is 8.98. The molecule has 0 amide bonds. The molecule has 5 heteroatoms. The Morgan fingerprint density at radius 2 is 1.61 bits per heavy atom. The van der Waals surface area contributed by atoms with E-state index in [1.807, 2.05) is 44.2 Å². The van der Waals surface area contributed by atoms with Crippen molar-refractivity contribution in [1.82, 2.24) is 0 Å². The fraction of sp³-hybridized carbons (Fsp3) is 0.556. The topological polar surface area (TPSA) is 61.8 Å². The maximum absolute atomic E-state index is 11.6. The molecule has 0 spiro atoms. The van der Waals surface area contributed by atoms with Gasteiger partial charge < -0.3 is 14.2 Å². The summed E-state index contributed by atoms with van der Waals surface area (Å²) in [6, 6.07) is 9.72. The number of hydrogen-bond donors (Lipinski definition) is 0. The summed E-state index contributed by atoms with van der Waals surface area (Å²) >= 11 is 0. The molecule has 0 aliphatic rings. The molecule has 1 atom stereocenters. The van der Waals surface area contributed by atoms with Crippen molar-refractivity contribution in [2.75, 3.05) is 13.2 Å². The molecule has 1 aromatic carbocycles. The van der Waals surface area contributed by atoms with Crippen molar-refractivity contribution in [2.24, 2.45) is 0 Å². The lowest BCUT2D eigenvalue weighted by molar-refractivity contribution is -0.163. The maximum atomic E-state index is 11.6. The monoisotopic (exact) mass is 322 g/mol. The van der Waals surface area contributed by atoms with Crippen LogP contribution in [0.1, 0.15) is 45.1 Å². The van der Waals surface area contributed by atoms with Crippen LogP contribution in [0.4, 0.5) is 0 Å². The van der Waals surface area contributed by atoms with Crippen LogP contribution in [0.5, 0.6) is 0 Å². The molecule has 0 radical (unpaired) electrons. The Morgan fingerprint density at radius 1 is 0.957 bits per heavy atom. The van der Waals surface area contributed by atoms with Gasteiger partial charge in [0.15, 0.2) is 6.10 Å². The van der Waals surface area contributed by atoms with Gasteiger partial charge in [0.2, 0.25) is 0 Å². The van der Waals surface area contributed by atoms with Crippen molar-refractivity contribution in [3.63, 3.8) is 0 Å². The third-order valence-corrected chi connectivity index (χ3v) is 3.05. The second kappa shape index (κ2) is 11.7. The van der Waals surface area contributed by atoms with Crippen molar-refractivity contribution in [2.45, 2.75) is 52.2 Å². The molecule has 0 heterocycles. The van der Waals surface area contributed by atoms with Gasteiger partial charge >= 0.3 is 11.9 Å². The Balaban J connectivity index is 2.42. The number of esters is 2. The Bertz CT molecular complexity index is 458. The predicted octanol–water partition coefficient (Wildman–Crippen LogP) is 3.26. The molecule has 0 saturated heterocycles. The smallest absolute Gasteiger partial charge is 0.306 e. The van der Waals surface area contributed by atoms with E-state index in [2.05, 4.69) is 0 Å². The van der Waals surface area contributed by atoms with Crippen molar-refractivity contribution < 1.29 is 23.8 Å². The molecule has 0 unspecified atom stereocenters. The van der Waals surface area contributed by atoms with Crippen LogP contribution < -0.4 is 0 Å². The normalized spacial score (nSPS) is 11.7. The molecule has 1 rings (SSSR count). The summed E-state index contributed by atoms with van der Waals surface area (Å²) in [6.07, 6.45) is 1.58. The number of rotatable bonds is 11. The highest BCUT2D eigenvalue weighted by atomic mass is 16.6. The number of ether oxygens (including phenoxy) is 3. The lowest BCUT2D eigenvalue weighted by Gasteiger charge is -2.18. The molecule has 0 aromatic heterocycles. The van der Waals surface area contributed by atoms with E-state index >= 15 is 0 Å². The van der Waals surface area contributed by atoms with Gasteiger partial charge in [-0.15, -0.1) is 0 Å². The SMILES string of the molecule is CCCC(=O)OC[C@H](COCc1ccccc1)OC(=O)CCC. The summed E-state index contributed by atoms with van der Waals surface area (Å²) in [6.45, 7) is 4.46. The minimum atomic E-state index is -0.571. The predicted molar refractivity (Wildman–Crippen MR) is 86.8 cm³/mol. The van der Waals surface area contributed by atoms with E-state index in [-0.39, 0.29) is 25.2 Å². The van der Waals surface area contributed by atoms with Crippen molar-refractivity contribution in [3.05, 3.63) is 35.9 Å². The molecule has 128 valence electrons. The quantitative estimate of drug-likeness (QED) is 0.585. The number of hydrogen-bond acceptors (Lipinski definition) is 5. The van der Waals surface area contributed by atoms with E-state index in [0.29, 0.717) is 25.9 Å².